The Morgan fingerprint density at radius 1 is 1.00 bits per heavy atom. The molecule has 4 nitrogen and oxygen atoms in total. The second kappa shape index (κ2) is 7.19. The maximum atomic E-state index is 13.0. The van der Waals surface area contributed by atoms with Gasteiger partial charge >= 0.3 is 6.18 Å². The number of carbonyl (C=O) groups excluding carboxylic acids is 2. The van der Waals surface area contributed by atoms with E-state index in [2.05, 4.69) is 10.6 Å². The van der Waals surface area contributed by atoms with Gasteiger partial charge in [0.15, 0.2) is 0 Å². The summed E-state index contributed by atoms with van der Waals surface area (Å²) < 4.78 is 38.9. The van der Waals surface area contributed by atoms with E-state index >= 15 is 0 Å². The number of anilines is 1. The first-order valence-corrected chi connectivity index (χ1v) is 8.19. The van der Waals surface area contributed by atoms with Crippen molar-refractivity contribution in [1.29, 1.82) is 0 Å². The molecule has 0 unspecified atom stereocenters. The van der Waals surface area contributed by atoms with E-state index in [1.54, 1.807) is 12.1 Å². The number of hydrogen-bond acceptors (Lipinski definition) is 2. The summed E-state index contributed by atoms with van der Waals surface area (Å²) in [5, 5.41) is 5.11. The van der Waals surface area contributed by atoms with Crippen molar-refractivity contribution in [3.63, 3.8) is 0 Å². The molecule has 0 aromatic heterocycles. The van der Waals surface area contributed by atoms with Gasteiger partial charge in [0, 0.05) is 18.0 Å². The summed E-state index contributed by atoms with van der Waals surface area (Å²) in [5.74, 6) is -0.486. The quantitative estimate of drug-likeness (QED) is 0.845. The van der Waals surface area contributed by atoms with Gasteiger partial charge in [0.05, 0.1) is 11.3 Å². The van der Waals surface area contributed by atoms with Gasteiger partial charge in [0.25, 0.3) is 5.91 Å². The highest BCUT2D eigenvalue weighted by Crippen LogP contribution is 2.34. The Kier molecular flexibility index (Phi) is 4.97. The van der Waals surface area contributed by atoms with Gasteiger partial charge in [0.1, 0.15) is 0 Å². The van der Waals surface area contributed by atoms with Crippen molar-refractivity contribution in [1.82, 2.24) is 5.32 Å². The Hall–Kier alpha value is -2.83. The smallest absolute Gasteiger partial charge is 0.352 e. The van der Waals surface area contributed by atoms with Crippen molar-refractivity contribution in [2.75, 3.05) is 5.32 Å². The second-order valence-corrected chi connectivity index (χ2v) is 6.19. The zero-order chi connectivity index (χ0) is 18.7. The molecule has 1 aliphatic rings. The van der Waals surface area contributed by atoms with Crippen molar-refractivity contribution in [3.8, 4) is 0 Å². The lowest BCUT2D eigenvalue weighted by Gasteiger charge is -2.13. The van der Waals surface area contributed by atoms with E-state index < -0.39 is 17.6 Å². The third-order valence-electron chi connectivity index (χ3n) is 4.11. The van der Waals surface area contributed by atoms with Crippen molar-refractivity contribution < 1.29 is 22.8 Å². The second-order valence-electron chi connectivity index (χ2n) is 6.19. The number of halogens is 3. The molecule has 2 amide bonds. The van der Waals surface area contributed by atoms with Crippen molar-refractivity contribution in [2.45, 2.75) is 25.6 Å². The zero-order valence-corrected chi connectivity index (χ0v) is 13.8. The first-order valence-electron chi connectivity index (χ1n) is 8.19. The predicted octanol–water partition coefficient (Wildman–Crippen LogP) is 3.98. The van der Waals surface area contributed by atoms with E-state index in [1.807, 2.05) is 0 Å². The van der Waals surface area contributed by atoms with Crippen LogP contribution in [-0.2, 0) is 17.5 Å². The van der Waals surface area contributed by atoms with Gasteiger partial charge in [0.2, 0.25) is 5.91 Å². The van der Waals surface area contributed by atoms with Gasteiger partial charge in [-0.3, -0.25) is 9.59 Å². The van der Waals surface area contributed by atoms with Crippen LogP contribution >= 0.6 is 0 Å². The maximum absolute atomic E-state index is 13.0. The first kappa shape index (κ1) is 18.0. The van der Waals surface area contributed by atoms with Crippen molar-refractivity contribution in [2.24, 2.45) is 5.92 Å². The van der Waals surface area contributed by atoms with Gasteiger partial charge in [-0.25, -0.2) is 0 Å². The van der Waals surface area contributed by atoms with Crippen LogP contribution in [0.4, 0.5) is 18.9 Å². The van der Waals surface area contributed by atoms with Crippen LogP contribution in [0.5, 0.6) is 0 Å². The minimum Gasteiger partial charge on any atom is -0.352 e. The monoisotopic (exact) mass is 362 g/mol. The lowest BCUT2D eigenvalue weighted by molar-refractivity contribution is -0.137. The first-order chi connectivity index (χ1) is 12.3. The number of nitrogens with one attached hydrogen (secondary N) is 2. The number of carbonyl (C=O) groups is 2. The fourth-order valence-electron chi connectivity index (χ4n) is 2.49. The molecular formula is C19H17F3N2O2. The molecule has 7 heteroatoms. The summed E-state index contributed by atoms with van der Waals surface area (Å²) >= 11 is 0. The standard InChI is InChI=1S/C19H17F3N2O2/c20-19(21,22)15-3-1-2-4-16(15)24-18(26)14-7-5-12(6-8-14)11-23-17(25)13-9-10-13/h1-8,13H,9-11H2,(H,23,25)(H,24,26). The van der Waals surface area contributed by atoms with E-state index in [-0.39, 0.29) is 23.1 Å². The Labute approximate surface area is 148 Å². The van der Waals surface area contributed by atoms with Crippen LogP contribution in [-0.4, -0.2) is 11.8 Å². The molecule has 2 aromatic rings. The molecule has 1 saturated carbocycles. The van der Waals surface area contributed by atoms with Crippen LogP contribution in [0.3, 0.4) is 0 Å². The maximum Gasteiger partial charge on any atom is 0.418 e. The number of alkyl halides is 3. The van der Waals surface area contributed by atoms with E-state index in [0.717, 1.165) is 24.5 Å². The fourth-order valence-corrected chi connectivity index (χ4v) is 2.49. The van der Waals surface area contributed by atoms with E-state index in [4.69, 9.17) is 0 Å². The largest absolute Gasteiger partial charge is 0.418 e. The van der Waals surface area contributed by atoms with Gasteiger partial charge in [-0.1, -0.05) is 24.3 Å². The summed E-state index contributed by atoms with van der Waals surface area (Å²) in [7, 11) is 0. The summed E-state index contributed by atoms with van der Waals surface area (Å²) in [6, 6.07) is 11.2. The third-order valence-corrected chi connectivity index (χ3v) is 4.11. The number of para-hydroxylation sites is 1. The van der Waals surface area contributed by atoms with Gasteiger partial charge < -0.3 is 10.6 Å². The lowest BCUT2D eigenvalue weighted by Crippen LogP contribution is -2.24. The number of rotatable bonds is 5. The average molecular weight is 362 g/mol. The van der Waals surface area contributed by atoms with Crippen LogP contribution in [0, 0.1) is 5.92 Å². The van der Waals surface area contributed by atoms with E-state index in [0.29, 0.717) is 6.54 Å². The minimum atomic E-state index is -4.55. The highest BCUT2D eigenvalue weighted by Gasteiger charge is 2.33. The minimum absolute atomic E-state index is 0.0237. The molecule has 2 N–H and O–H groups in total. The molecule has 0 spiro atoms. The average Bonchev–Trinajstić information content (AvgIpc) is 3.45. The normalized spacial score (nSPS) is 14.0. The molecule has 0 radical (unpaired) electrons. The molecule has 0 aliphatic heterocycles. The summed E-state index contributed by atoms with van der Waals surface area (Å²) in [6.07, 6.45) is -2.71. The highest BCUT2D eigenvalue weighted by atomic mass is 19.4. The SMILES string of the molecule is O=C(Nc1ccccc1C(F)(F)F)c1ccc(CNC(=O)C2CC2)cc1. The molecule has 3 rings (SSSR count). The number of hydrogen-bond donors (Lipinski definition) is 2. The Bertz CT molecular complexity index is 812. The zero-order valence-electron chi connectivity index (χ0n) is 13.8. The van der Waals surface area contributed by atoms with E-state index in [1.165, 1.54) is 30.3 Å². The van der Waals surface area contributed by atoms with Crippen molar-refractivity contribution in [3.05, 3.63) is 65.2 Å². The van der Waals surface area contributed by atoms with Gasteiger partial charge in [-0.2, -0.15) is 13.2 Å². The lowest BCUT2D eigenvalue weighted by atomic mass is 10.1. The van der Waals surface area contributed by atoms with Crippen LogP contribution in [0.15, 0.2) is 48.5 Å². The van der Waals surface area contributed by atoms with Crippen LogP contribution < -0.4 is 10.6 Å². The van der Waals surface area contributed by atoms with Crippen LogP contribution in [0.2, 0.25) is 0 Å². The van der Waals surface area contributed by atoms with Gasteiger partial charge in [-0.15, -0.1) is 0 Å². The molecule has 136 valence electrons. The molecule has 0 heterocycles. The Balaban J connectivity index is 1.64. The molecule has 1 fully saturated rings. The Morgan fingerprint density at radius 2 is 1.65 bits per heavy atom. The fraction of sp³-hybridized carbons (Fsp3) is 0.263. The predicted molar refractivity (Wildman–Crippen MR) is 90.4 cm³/mol. The van der Waals surface area contributed by atoms with Crippen LogP contribution in [0.25, 0.3) is 0 Å². The molecule has 2 aromatic carbocycles. The van der Waals surface area contributed by atoms with E-state index in [9.17, 15) is 22.8 Å². The molecular weight excluding hydrogens is 345 g/mol. The molecule has 0 saturated heterocycles. The molecule has 26 heavy (non-hydrogen) atoms. The number of benzene rings is 2. The van der Waals surface area contributed by atoms with Crippen molar-refractivity contribution >= 4 is 17.5 Å². The molecule has 0 atom stereocenters. The summed E-state index contributed by atoms with van der Waals surface area (Å²) in [5.41, 5.74) is -0.135. The summed E-state index contributed by atoms with van der Waals surface area (Å²) in [6.45, 7) is 0.355. The Morgan fingerprint density at radius 3 is 2.27 bits per heavy atom. The van der Waals surface area contributed by atoms with Crippen LogP contribution in [0.1, 0.15) is 34.3 Å². The molecule has 1 aliphatic carbocycles. The third kappa shape index (κ3) is 4.41. The van der Waals surface area contributed by atoms with Gasteiger partial charge in [-0.05, 0) is 42.7 Å². The number of amides is 2. The highest BCUT2D eigenvalue weighted by molar-refractivity contribution is 6.04. The molecule has 0 bridgehead atoms. The summed E-state index contributed by atoms with van der Waals surface area (Å²) in [4.78, 5) is 23.8. The topological polar surface area (TPSA) is 58.2 Å².